The summed E-state index contributed by atoms with van der Waals surface area (Å²) in [6.07, 6.45) is 3.32. The number of hydrogen-bond acceptors (Lipinski definition) is 4. The third-order valence-corrected chi connectivity index (χ3v) is 4.20. The third kappa shape index (κ3) is 6.22. The van der Waals surface area contributed by atoms with Crippen molar-refractivity contribution < 1.29 is 20.1 Å². The minimum absolute atomic E-state index is 0. The van der Waals surface area contributed by atoms with Crippen molar-refractivity contribution in [2.24, 2.45) is 0 Å². The maximum atomic E-state index is 4.46. The van der Waals surface area contributed by atoms with E-state index in [4.69, 9.17) is 0 Å². The minimum Gasteiger partial charge on any atom is -0.305 e. The summed E-state index contributed by atoms with van der Waals surface area (Å²) in [7, 11) is 0. The molecule has 0 atom stereocenters. The molecule has 0 spiro atoms. The normalized spacial score (nSPS) is 9.68. The van der Waals surface area contributed by atoms with Crippen LogP contribution in [0.2, 0.25) is 0 Å². The average molecular weight is 579 g/mol. The molecule has 0 aliphatic heterocycles. The second-order valence-electron chi connectivity index (χ2n) is 6.27. The molecule has 2 heterocycles. The van der Waals surface area contributed by atoms with Gasteiger partial charge in [0.05, 0.1) is 5.82 Å². The second-order valence-corrected chi connectivity index (χ2v) is 6.27. The van der Waals surface area contributed by atoms with Crippen LogP contribution in [-0.4, -0.2) is 19.9 Å². The summed E-state index contributed by atoms with van der Waals surface area (Å²) in [6.45, 7) is 0. The van der Waals surface area contributed by atoms with E-state index in [1.54, 1.807) is 6.20 Å². The van der Waals surface area contributed by atoms with E-state index in [1.165, 1.54) is 6.33 Å². The second kappa shape index (κ2) is 11.6. The van der Waals surface area contributed by atoms with E-state index in [0.717, 1.165) is 22.4 Å². The van der Waals surface area contributed by atoms with Crippen LogP contribution >= 0.6 is 0 Å². The van der Waals surface area contributed by atoms with Gasteiger partial charge in [-0.3, -0.25) is 9.97 Å². The summed E-state index contributed by atoms with van der Waals surface area (Å²) < 4.78 is 0. The van der Waals surface area contributed by atoms with Crippen LogP contribution in [0.1, 0.15) is 0 Å². The smallest absolute Gasteiger partial charge is 0.153 e. The molecule has 153 valence electrons. The van der Waals surface area contributed by atoms with Crippen LogP contribution in [0.5, 0.6) is 0 Å². The Bertz CT molecular complexity index is 1080. The Morgan fingerprint density at radius 1 is 0.548 bits per heavy atom. The van der Waals surface area contributed by atoms with Gasteiger partial charge in [0.25, 0.3) is 0 Å². The zero-order valence-corrected chi connectivity index (χ0v) is 18.9. The predicted molar refractivity (Wildman–Crippen MR) is 118 cm³/mol. The molecular formula is C26H18IrN4-2. The van der Waals surface area contributed by atoms with Gasteiger partial charge in [0, 0.05) is 31.9 Å². The molecule has 0 fully saturated rings. The number of aromatic nitrogens is 4. The SMILES string of the molecule is [Ir].[c-]1ccccc1-c1ccccn1.[c-]1ccccc1-c1ncnc(-c2ccccc2)n1. The van der Waals surface area contributed by atoms with Gasteiger partial charge in [-0.2, -0.15) is 0 Å². The third-order valence-electron chi connectivity index (χ3n) is 4.20. The summed E-state index contributed by atoms with van der Waals surface area (Å²) in [5.74, 6) is 1.32. The molecule has 0 bridgehead atoms. The first-order valence-electron chi connectivity index (χ1n) is 9.50. The van der Waals surface area contributed by atoms with Crippen LogP contribution in [0.25, 0.3) is 34.0 Å². The first-order chi connectivity index (χ1) is 14.9. The average Bonchev–Trinajstić information content (AvgIpc) is 2.87. The molecule has 0 saturated heterocycles. The Morgan fingerprint density at radius 2 is 1.19 bits per heavy atom. The van der Waals surface area contributed by atoms with Crippen molar-refractivity contribution in [2.75, 3.05) is 0 Å². The zero-order chi connectivity index (χ0) is 20.4. The van der Waals surface area contributed by atoms with Crippen molar-refractivity contribution in [3.63, 3.8) is 0 Å². The standard InChI is InChI=1S/C15H10N3.C11H8N.Ir/c1-3-7-12(8-4-1)14-16-11-17-15(18-14)13-9-5-2-6-10-13;1-2-6-10(7-3-1)11-8-4-5-9-12-11;/h1-9,11H;1-6,8-9H;/q2*-1;. The number of hydrogen-bond donors (Lipinski definition) is 0. The topological polar surface area (TPSA) is 51.6 Å². The zero-order valence-electron chi connectivity index (χ0n) is 16.5. The van der Waals surface area contributed by atoms with Crippen LogP contribution in [0, 0.1) is 12.1 Å². The number of pyridine rings is 1. The Balaban J connectivity index is 0.000000183. The molecule has 0 N–H and O–H groups in total. The molecule has 0 unspecified atom stereocenters. The van der Waals surface area contributed by atoms with Gasteiger partial charge >= 0.3 is 0 Å². The summed E-state index contributed by atoms with van der Waals surface area (Å²) >= 11 is 0. The maximum absolute atomic E-state index is 4.46. The largest absolute Gasteiger partial charge is 0.305 e. The van der Waals surface area contributed by atoms with E-state index in [2.05, 4.69) is 32.1 Å². The van der Waals surface area contributed by atoms with Crippen molar-refractivity contribution >= 4 is 0 Å². The molecule has 0 saturated carbocycles. The summed E-state index contributed by atoms with van der Waals surface area (Å²) in [5, 5.41) is 0. The van der Waals surface area contributed by atoms with Gasteiger partial charge in [0.2, 0.25) is 0 Å². The molecular weight excluding hydrogens is 561 g/mol. The van der Waals surface area contributed by atoms with Gasteiger partial charge < -0.3 is 4.98 Å². The van der Waals surface area contributed by atoms with Gasteiger partial charge in [-0.15, -0.1) is 71.8 Å². The summed E-state index contributed by atoms with van der Waals surface area (Å²) in [6, 6.07) is 37.4. The van der Waals surface area contributed by atoms with Crippen LogP contribution < -0.4 is 0 Å². The van der Waals surface area contributed by atoms with E-state index in [1.807, 2.05) is 97.1 Å². The molecule has 3 aromatic carbocycles. The number of benzene rings is 3. The molecule has 0 aliphatic carbocycles. The Kier molecular flexibility index (Phi) is 8.29. The van der Waals surface area contributed by atoms with Crippen molar-refractivity contribution in [3.8, 4) is 34.0 Å². The first-order valence-corrected chi connectivity index (χ1v) is 9.50. The molecule has 5 heteroatoms. The van der Waals surface area contributed by atoms with Crippen molar-refractivity contribution in [2.45, 2.75) is 0 Å². The molecule has 1 radical (unpaired) electrons. The molecule has 4 nitrogen and oxygen atoms in total. The fourth-order valence-electron chi connectivity index (χ4n) is 2.76. The van der Waals surface area contributed by atoms with E-state index < -0.39 is 0 Å². The van der Waals surface area contributed by atoms with E-state index in [9.17, 15) is 0 Å². The molecule has 0 amide bonds. The number of nitrogens with zero attached hydrogens (tertiary/aromatic N) is 4. The van der Waals surface area contributed by atoms with E-state index in [-0.39, 0.29) is 20.1 Å². The van der Waals surface area contributed by atoms with Crippen molar-refractivity contribution in [3.05, 3.63) is 122 Å². The van der Waals surface area contributed by atoms with Gasteiger partial charge in [-0.25, -0.2) is 4.98 Å². The molecule has 0 aliphatic rings. The molecule has 2 aromatic heterocycles. The van der Waals surface area contributed by atoms with Gasteiger partial charge in [0.15, 0.2) is 5.82 Å². The Hall–Kier alpha value is -3.53. The fraction of sp³-hybridized carbons (Fsp3) is 0. The van der Waals surface area contributed by atoms with Crippen LogP contribution in [-0.2, 0) is 20.1 Å². The Morgan fingerprint density at radius 3 is 1.84 bits per heavy atom. The monoisotopic (exact) mass is 579 g/mol. The van der Waals surface area contributed by atoms with Crippen molar-refractivity contribution in [1.29, 1.82) is 0 Å². The van der Waals surface area contributed by atoms with Gasteiger partial charge in [0.1, 0.15) is 6.33 Å². The molecule has 5 rings (SSSR count). The van der Waals surface area contributed by atoms with Gasteiger partial charge in [-0.05, 0) is 11.8 Å². The first kappa shape index (κ1) is 22.2. The predicted octanol–water partition coefficient (Wildman–Crippen LogP) is 5.55. The van der Waals surface area contributed by atoms with E-state index >= 15 is 0 Å². The quantitative estimate of drug-likeness (QED) is 0.264. The Labute approximate surface area is 195 Å². The molecule has 5 aromatic rings. The number of rotatable bonds is 3. The van der Waals surface area contributed by atoms with Crippen LogP contribution in [0.3, 0.4) is 0 Å². The fourth-order valence-corrected chi connectivity index (χ4v) is 2.76. The molecule has 31 heavy (non-hydrogen) atoms. The van der Waals surface area contributed by atoms with Gasteiger partial charge in [-0.1, -0.05) is 42.5 Å². The maximum Gasteiger partial charge on any atom is 0.153 e. The van der Waals surface area contributed by atoms with Crippen molar-refractivity contribution in [1.82, 2.24) is 19.9 Å². The van der Waals surface area contributed by atoms with E-state index in [0.29, 0.717) is 11.6 Å². The summed E-state index contributed by atoms with van der Waals surface area (Å²) in [4.78, 5) is 17.1. The van der Waals surface area contributed by atoms with Crippen LogP contribution in [0.4, 0.5) is 0 Å². The summed E-state index contributed by atoms with van der Waals surface area (Å²) in [5.41, 5.74) is 3.87. The van der Waals surface area contributed by atoms with Crippen LogP contribution in [0.15, 0.2) is 110 Å². The minimum atomic E-state index is 0.